The van der Waals surface area contributed by atoms with Gasteiger partial charge in [-0.25, -0.2) is 0 Å². The summed E-state index contributed by atoms with van der Waals surface area (Å²) in [6.45, 7) is 8.78. The molecule has 62 valence electrons. The molecular weight excluding hydrogens is 154 g/mol. The Morgan fingerprint density at radius 2 is 2.00 bits per heavy atom. The second-order valence-electron chi connectivity index (χ2n) is 2.58. The highest BCUT2D eigenvalue weighted by Gasteiger charge is 2.04. The van der Waals surface area contributed by atoms with E-state index in [0.717, 1.165) is 13.1 Å². The van der Waals surface area contributed by atoms with Crippen LogP contribution in [0.15, 0.2) is 11.4 Å². The van der Waals surface area contributed by atoms with Crippen molar-refractivity contribution in [3.8, 4) is 0 Å². The maximum absolute atomic E-state index is 2.39. The maximum atomic E-state index is 2.39. The molecule has 0 bridgehead atoms. The van der Waals surface area contributed by atoms with Gasteiger partial charge in [0.05, 0.1) is 5.00 Å². The number of hydrogen-bond acceptors (Lipinski definition) is 2. The van der Waals surface area contributed by atoms with Crippen LogP contribution in [0.5, 0.6) is 0 Å². The van der Waals surface area contributed by atoms with Gasteiger partial charge in [0.2, 0.25) is 0 Å². The van der Waals surface area contributed by atoms with Crippen LogP contribution in [0.25, 0.3) is 0 Å². The summed E-state index contributed by atoms with van der Waals surface area (Å²) in [7, 11) is 0. The van der Waals surface area contributed by atoms with Gasteiger partial charge in [-0.2, -0.15) is 0 Å². The van der Waals surface area contributed by atoms with Gasteiger partial charge in [0, 0.05) is 13.1 Å². The lowest BCUT2D eigenvalue weighted by Crippen LogP contribution is -2.21. The molecule has 0 unspecified atom stereocenters. The van der Waals surface area contributed by atoms with E-state index in [2.05, 4.69) is 37.1 Å². The SMILES string of the molecule is CCN(CC)c1sccc1C. The van der Waals surface area contributed by atoms with Gasteiger partial charge in [-0.3, -0.25) is 0 Å². The first-order valence-corrected chi connectivity index (χ1v) is 4.96. The molecule has 0 atom stereocenters. The highest BCUT2D eigenvalue weighted by Crippen LogP contribution is 2.26. The molecule has 0 amide bonds. The normalized spacial score (nSPS) is 10.1. The van der Waals surface area contributed by atoms with Crippen LogP contribution in [-0.4, -0.2) is 13.1 Å². The van der Waals surface area contributed by atoms with E-state index < -0.39 is 0 Å². The zero-order chi connectivity index (χ0) is 8.27. The highest BCUT2D eigenvalue weighted by atomic mass is 32.1. The molecule has 0 saturated carbocycles. The third-order valence-corrected chi connectivity index (χ3v) is 2.96. The van der Waals surface area contributed by atoms with Crippen molar-refractivity contribution in [1.82, 2.24) is 0 Å². The Morgan fingerprint density at radius 1 is 1.36 bits per heavy atom. The lowest BCUT2D eigenvalue weighted by Gasteiger charge is -2.19. The zero-order valence-electron chi connectivity index (χ0n) is 7.42. The van der Waals surface area contributed by atoms with Crippen LogP contribution in [0.2, 0.25) is 0 Å². The van der Waals surface area contributed by atoms with Gasteiger partial charge >= 0.3 is 0 Å². The molecule has 0 aromatic carbocycles. The van der Waals surface area contributed by atoms with Gasteiger partial charge in [-0.1, -0.05) is 0 Å². The third-order valence-electron chi connectivity index (χ3n) is 1.89. The summed E-state index contributed by atoms with van der Waals surface area (Å²) in [6.07, 6.45) is 0. The van der Waals surface area contributed by atoms with Gasteiger partial charge < -0.3 is 4.90 Å². The molecule has 11 heavy (non-hydrogen) atoms. The van der Waals surface area contributed by atoms with Crippen molar-refractivity contribution in [2.45, 2.75) is 20.8 Å². The molecule has 0 N–H and O–H groups in total. The average Bonchev–Trinajstić information content (AvgIpc) is 2.40. The topological polar surface area (TPSA) is 3.24 Å². The molecule has 0 aliphatic rings. The minimum atomic E-state index is 1.11. The molecule has 1 rings (SSSR count). The number of thiophene rings is 1. The van der Waals surface area contributed by atoms with Crippen LogP contribution in [-0.2, 0) is 0 Å². The summed E-state index contributed by atoms with van der Waals surface area (Å²) in [5.41, 5.74) is 1.40. The highest BCUT2D eigenvalue weighted by molar-refractivity contribution is 7.14. The van der Waals surface area contributed by atoms with E-state index in [0.29, 0.717) is 0 Å². The fourth-order valence-electron chi connectivity index (χ4n) is 1.20. The van der Waals surface area contributed by atoms with E-state index >= 15 is 0 Å². The average molecular weight is 169 g/mol. The molecule has 0 spiro atoms. The fourth-order valence-corrected chi connectivity index (χ4v) is 2.26. The molecule has 0 radical (unpaired) electrons. The van der Waals surface area contributed by atoms with Crippen molar-refractivity contribution in [2.24, 2.45) is 0 Å². The Hall–Kier alpha value is -0.500. The number of nitrogens with zero attached hydrogens (tertiary/aromatic N) is 1. The molecule has 1 nitrogen and oxygen atoms in total. The molecule has 1 heterocycles. The van der Waals surface area contributed by atoms with Crippen LogP contribution in [0.3, 0.4) is 0 Å². The molecule has 0 aliphatic carbocycles. The van der Waals surface area contributed by atoms with Gasteiger partial charge in [0.1, 0.15) is 0 Å². The van der Waals surface area contributed by atoms with Crippen LogP contribution < -0.4 is 4.90 Å². The first kappa shape index (κ1) is 8.60. The summed E-state index contributed by atoms with van der Waals surface area (Å²) in [4.78, 5) is 2.39. The lowest BCUT2D eigenvalue weighted by molar-refractivity contribution is 0.873. The predicted octanol–water partition coefficient (Wildman–Crippen LogP) is 2.90. The molecule has 0 fully saturated rings. The van der Waals surface area contributed by atoms with Crippen LogP contribution in [0.1, 0.15) is 19.4 Å². The Morgan fingerprint density at radius 3 is 2.36 bits per heavy atom. The summed E-state index contributed by atoms with van der Waals surface area (Å²) in [5, 5.41) is 3.58. The fraction of sp³-hybridized carbons (Fsp3) is 0.556. The monoisotopic (exact) mass is 169 g/mol. The number of rotatable bonds is 3. The van der Waals surface area contributed by atoms with Gasteiger partial charge in [0.25, 0.3) is 0 Å². The van der Waals surface area contributed by atoms with Gasteiger partial charge in [-0.15, -0.1) is 11.3 Å². The van der Waals surface area contributed by atoms with Crippen LogP contribution in [0, 0.1) is 6.92 Å². The molecule has 1 aromatic rings. The van der Waals surface area contributed by atoms with E-state index in [-0.39, 0.29) is 0 Å². The van der Waals surface area contributed by atoms with Crippen molar-refractivity contribution in [3.05, 3.63) is 17.0 Å². The van der Waals surface area contributed by atoms with Crippen molar-refractivity contribution in [3.63, 3.8) is 0 Å². The molecule has 0 saturated heterocycles. The zero-order valence-corrected chi connectivity index (χ0v) is 8.24. The number of anilines is 1. The van der Waals surface area contributed by atoms with E-state index in [9.17, 15) is 0 Å². The van der Waals surface area contributed by atoms with Crippen LogP contribution in [0.4, 0.5) is 5.00 Å². The molecule has 2 heteroatoms. The Labute approximate surface area is 72.7 Å². The lowest BCUT2D eigenvalue weighted by atomic mass is 10.3. The van der Waals surface area contributed by atoms with Gasteiger partial charge in [0.15, 0.2) is 0 Å². The minimum absolute atomic E-state index is 1.11. The number of hydrogen-bond donors (Lipinski definition) is 0. The Kier molecular flexibility index (Phi) is 2.94. The second-order valence-corrected chi connectivity index (χ2v) is 3.48. The largest absolute Gasteiger partial charge is 0.364 e. The third kappa shape index (κ3) is 1.74. The first-order chi connectivity index (χ1) is 5.29. The van der Waals surface area contributed by atoms with Crippen molar-refractivity contribution in [1.29, 1.82) is 0 Å². The van der Waals surface area contributed by atoms with Gasteiger partial charge in [-0.05, 0) is 37.8 Å². The van der Waals surface area contributed by atoms with E-state index in [4.69, 9.17) is 0 Å². The van der Waals surface area contributed by atoms with Crippen molar-refractivity contribution in [2.75, 3.05) is 18.0 Å². The molecular formula is C9H15NS. The minimum Gasteiger partial charge on any atom is -0.364 e. The van der Waals surface area contributed by atoms with E-state index in [1.807, 2.05) is 11.3 Å². The maximum Gasteiger partial charge on any atom is 0.0938 e. The van der Waals surface area contributed by atoms with Crippen molar-refractivity contribution >= 4 is 16.3 Å². The molecule has 1 aromatic heterocycles. The van der Waals surface area contributed by atoms with Crippen molar-refractivity contribution < 1.29 is 0 Å². The number of aryl methyl sites for hydroxylation is 1. The predicted molar refractivity (Wildman–Crippen MR) is 52.6 cm³/mol. The summed E-state index contributed by atoms with van der Waals surface area (Å²) < 4.78 is 0. The Balaban J connectivity index is 2.81. The van der Waals surface area contributed by atoms with E-state index in [1.165, 1.54) is 10.6 Å². The van der Waals surface area contributed by atoms with E-state index in [1.54, 1.807) is 0 Å². The summed E-state index contributed by atoms with van der Waals surface area (Å²) in [5.74, 6) is 0. The standard InChI is InChI=1S/C9H15NS/c1-4-10(5-2)9-8(3)6-7-11-9/h6-7H,4-5H2,1-3H3. The second kappa shape index (κ2) is 3.77. The Bertz CT molecular complexity index is 213. The van der Waals surface area contributed by atoms with Crippen LogP contribution >= 0.6 is 11.3 Å². The quantitative estimate of drug-likeness (QED) is 0.672. The first-order valence-electron chi connectivity index (χ1n) is 4.08. The summed E-state index contributed by atoms with van der Waals surface area (Å²) in [6, 6.07) is 2.18. The smallest absolute Gasteiger partial charge is 0.0938 e. The summed E-state index contributed by atoms with van der Waals surface area (Å²) >= 11 is 1.83. The molecule has 0 aliphatic heterocycles.